The molecule has 7 N–H and O–H groups in total. The first kappa shape index (κ1) is 20.7. The third-order valence-electron chi connectivity index (χ3n) is 1.29. The van der Waals surface area contributed by atoms with Crippen molar-refractivity contribution in [1.29, 1.82) is 0 Å². The number of carboxylic acids is 1. The first-order valence-electron chi connectivity index (χ1n) is 4.08. The number of hydrogen-bond donors (Lipinski definition) is 5. The predicted molar refractivity (Wildman–Crippen MR) is 64.3 cm³/mol. The van der Waals surface area contributed by atoms with Crippen LogP contribution in [0, 0.1) is 0 Å². The van der Waals surface area contributed by atoms with Gasteiger partial charge in [0, 0.05) is 20.4 Å². The summed E-state index contributed by atoms with van der Waals surface area (Å²) in [6, 6.07) is -0.716. The Hall–Kier alpha value is 0.292. The molecule has 0 amide bonds. The first-order valence-corrected chi connectivity index (χ1v) is 4.94. The Labute approximate surface area is 114 Å². The van der Waals surface area contributed by atoms with Crippen LogP contribution in [-0.2, 0) is 25.2 Å². The minimum absolute atomic E-state index is 0. The number of hydrogen-bond acceptors (Lipinski definition) is 4. The van der Waals surface area contributed by atoms with Crippen molar-refractivity contribution >= 4 is 35.1 Å². The Morgan fingerprint density at radius 3 is 2.13 bits per heavy atom. The average Bonchev–Trinajstić information content (AvgIpc) is 2.03. The second-order valence-corrected chi connectivity index (χ2v) is 3.79. The first-order chi connectivity index (χ1) is 6.41. The summed E-state index contributed by atoms with van der Waals surface area (Å²) in [5.41, 5.74) is 15.1. The summed E-state index contributed by atoms with van der Waals surface area (Å²) in [6.07, 6.45) is 2.16. The van der Waals surface area contributed by atoms with Crippen molar-refractivity contribution in [2.45, 2.75) is 25.3 Å². The minimum Gasteiger partial charge on any atom is -0.480 e. The van der Waals surface area contributed by atoms with Crippen LogP contribution >= 0.6 is 24.8 Å². The van der Waals surface area contributed by atoms with Gasteiger partial charge in [-0.15, -0.1) is 12.6 Å². The molecule has 0 aromatic rings. The van der Waals surface area contributed by atoms with Gasteiger partial charge < -0.3 is 22.3 Å². The zero-order chi connectivity index (χ0) is 11.6. The van der Waals surface area contributed by atoms with Crippen LogP contribution in [0.5, 0.6) is 0 Å². The van der Waals surface area contributed by atoms with Gasteiger partial charge in [-0.25, -0.2) is 0 Å². The van der Waals surface area contributed by atoms with Crippen LogP contribution < -0.4 is 17.2 Å². The molecule has 1 radical (unpaired) electrons. The Kier molecular flexibility index (Phi) is 19.7. The van der Waals surface area contributed by atoms with Crippen LogP contribution in [0.1, 0.15) is 19.3 Å². The van der Waals surface area contributed by atoms with Crippen LogP contribution in [0.15, 0.2) is 0 Å². The van der Waals surface area contributed by atoms with Crippen molar-refractivity contribution in [1.82, 2.24) is 0 Å². The van der Waals surface area contributed by atoms with Gasteiger partial charge in [0.2, 0.25) is 0 Å². The van der Waals surface area contributed by atoms with Gasteiger partial charge in [0.25, 0.3) is 0 Å². The second-order valence-electron chi connectivity index (χ2n) is 2.57. The molecule has 0 aliphatic carbocycles. The molecule has 8 heteroatoms. The van der Waals surface area contributed by atoms with Crippen LogP contribution in [-0.4, -0.2) is 28.0 Å². The molecule has 5 nitrogen and oxygen atoms in total. The Balaban J connectivity index is -0.000000249. The largest absolute Gasteiger partial charge is 0.480 e. The molecule has 0 aliphatic rings. The quantitative estimate of drug-likeness (QED) is 0.234. The fourth-order valence-corrected chi connectivity index (χ4v) is 0.632. The van der Waals surface area contributed by atoms with Crippen LogP contribution in [0.25, 0.3) is 0 Å². The Bertz CT molecular complexity index is 180. The number of rotatable bonds is 5. The van der Waals surface area contributed by atoms with E-state index in [4.69, 9.17) is 22.3 Å². The topological polar surface area (TPSA) is 115 Å². The van der Waals surface area contributed by atoms with E-state index in [1.54, 1.807) is 0 Å². The van der Waals surface area contributed by atoms with E-state index < -0.39 is 12.0 Å². The monoisotopic (exact) mass is 426 g/mol. The zero-order valence-corrected chi connectivity index (χ0v) is 12.7. The summed E-state index contributed by atoms with van der Waals surface area (Å²) in [4.78, 5) is 10.1. The SMILES string of the molecule is NC(=S)S.NCCCCC(N)C(=O)O.[Re]. The molecule has 0 fully saturated rings. The summed E-state index contributed by atoms with van der Waals surface area (Å²) in [5.74, 6) is -0.933. The minimum atomic E-state index is -0.933. The molecule has 0 saturated carbocycles. The van der Waals surface area contributed by atoms with E-state index in [1.807, 2.05) is 0 Å². The standard InChI is InChI=1S/C6H14N2O2.CH3NS2.Re/c7-4-2-1-3-5(8)6(9)10;2-1(3)4;/h5H,1-4,7-8H2,(H,9,10);(H3,2,3,4);. The van der Waals surface area contributed by atoms with Gasteiger partial charge in [0.15, 0.2) is 0 Å². The van der Waals surface area contributed by atoms with Gasteiger partial charge >= 0.3 is 5.97 Å². The van der Waals surface area contributed by atoms with Gasteiger partial charge in [-0.2, -0.15) is 0 Å². The Morgan fingerprint density at radius 1 is 1.47 bits per heavy atom. The molecule has 0 spiro atoms. The summed E-state index contributed by atoms with van der Waals surface area (Å²) in [6.45, 7) is 0.604. The van der Waals surface area contributed by atoms with E-state index in [9.17, 15) is 4.79 Å². The summed E-state index contributed by atoms with van der Waals surface area (Å²) in [5, 5.41) is 8.33. The van der Waals surface area contributed by atoms with Gasteiger partial charge in [0.1, 0.15) is 10.4 Å². The van der Waals surface area contributed by atoms with Gasteiger partial charge in [-0.1, -0.05) is 18.6 Å². The molecular formula is C7H17N3O2ReS2. The Morgan fingerprint density at radius 2 is 1.87 bits per heavy atom. The molecule has 1 unspecified atom stereocenters. The van der Waals surface area contributed by atoms with Crippen molar-refractivity contribution in [3.05, 3.63) is 0 Å². The van der Waals surface area contributed by atoms with Crippen molar-refractivity contribution in [2.75, 3.05) is 6.54 Å². The molecule has 91 valence electrons. The zero-order valence-electron chi connectivity index (χ0n) is 8.23. The molecule has 0 aromatic carbocycles. The summed E-state index contributed by atoms with van der Waals surface area (Å²) < 4.78 is 0.194. The number of carbonyl (C=O) groups is 1. The molecule has 0 saturated heterocycles. The maximum Gasteiger partial charge on any atom is 0.320 e. The number of carboxylic acid groups (broad SMARTS) is 1. The smallest absolute Gasteiger partial charge is 0.320 e. The fraction of sp³-hybridized carbons (Fsp3) is 0.714. The van der Waals surface area contributed by atoms with Crippen molar-refractivity contribution < 1.29 is 30.3 Å². The van der Waals surface area contributed by atoms with Gasteiger partial charge in [-0.05, 0) is 19.4 Å². The third-order valence-corrected chi connectivity index (χ3v) is 1.29. The molecule has 0 aliphatic heterocycles. The van der Waals surface area contributed by atoms with Crippen LogP contribution in [0.3, 0.4) is 0 Å². The fourth-order valence-electron chi connectivity index (χ4n) is 0.632. The normalized spacial score (nSPS) is 10.3. The molecular weight excluding hydrogens is 408 g/mol. The van der Waals surface area contributed by atoms with Crippen molar-refractivity contribution in [3.63, 3.8) is 0 Å². The maximum absolute atomic E-state index is 10.1. The van der Waals surface area contributed by atoms with E-state index in [2.05, 4.69) is 24.8 Å². The number of nitrogens with two attached hydrogens (primary N) is 3. The molecule has 15 heavy (non-hydrogen) atoms. The summed E-state index contributed by atoms with van der Waals surface area (Å²) in [7, 11) is 0. The number of thiol groups is 1. The van der Waals surface area contributed by atoms with Crippen LogP contribution in [0.4, 0.5) is 0 Å². The molecule has 0 aromatic heterocycles. The summed E-state index contributed by atoms with van der Waals surface area (Å²) >= 11 is 7.65. The number of aliphatic carboxylic acids is 1. The molecule has 0 heterocycles. The molecule has 0 bridgehead atoms. The van der Waals surface area contributed by atoms with Crippen molar-refractivity contribution in [3.8, 4) is 0 Å². The molecule has 1 atom stereocenters. The average molecular weight is 426 g/mol. The maximum atomic E-state index is 10.1. The number of thiocarbonyl (C=S) groups is 1. The molecule has 0 rings (SSSR count). The number of unbranched alkanes of at least 4 members (excludes halogenated alkanes) is 1. The van der Waals surface area contributed by atoms with E-state index in [0.29, 0.717) is 13.0 Å². The van der Waals surface area contributed by atoms with E-state index in [-0.39, 0.29) is 24.7 Å². The van der Waals surface area contributed by atoms with Gasteiger partial charge in [0.05, 0.1) is 0 Å². The van der Waals surface area contributed by atoms with Crippen LogP contribution in [0.2, 0.25) is 0 Å². The second kappa shape index (κ2) is 14.3. The van der Waals surface area contributed by atoms with E-state index in [0.717, 1.165) is 12.8 Å². The van der Waals surface area contributed by atoms with E-state index >= 15 is 0 Å². The predicted octanol–water partition coefficient (Wildman–Crippen LogP) is -0.315. The van der Waals surface area contributed by atoms with Gasteiger partial charge in [-0.3, -0.25) is 4.79 Å². The van der Waals surface area contributed by atoms with Crippen molar-refractivity contribution in [2.24, 2.45) is 17.2 Å². The third kappa shape index (κ3) is 25.0. The van der Waals surface area contributed by atoms with E-state index in [1.165, 1.54) is 0 Å².